The van der Waals surface area contributed by atoms with Gasteiger partial charge >= 0.3 is 0 Å². The Labute approximate surface area is 153 Å². The summed E-state index contributed by atoms with van der Waals surface area (Å²) in [6.07, 6.45) is 3.59. The van der Waals surface area contributed by atoms with Gasteiger partial charge in [-0.05, 0) is 17.7 Å². The average Bonchev–Trinajstić information content (AvgIpc) is 2.99. The highest BCUT2D eigenvalue weighted by Gasteiger charge is 2.46. The van der Waals surface area contributed by atoms with Gasteiger partial charge in [-0.15, -0.1) is 4.72 Å². The maximum absolute atomic E-state index is 12.4. The van der Waals surface area contributed by atoms with Crippen molar-refractivity contribution in [2.45, 2.75) is 23.5 Å². The Morgan fingerprint density at radius 1 is 1.38 bits per heavy atom. The molecule has 2 atom stereocenters. The maximum Gasteiger partial charge on any atom is 0.235 e. The molecule has 0 aliphatic carbocycles. The molecule has 2 aliphatic heterocycles. The zero-order valence-corrected chi connectivity index (χ0v) is 14.9. The number of fused-ring (bicyclic) bond motifs is 1. The summed E-state index contributed by atoms with van der Waals surface area (Å²) in [7, 11) is -3.61. The number of pyridine rings is 1. The molecule has 134 valence electrons. The van der Waals surface area contributed by atoms with Crippen LogP contribution in [-0.4, -0.2) is 39.7 Å². The van der Waals surface area contributed by atoms with Crippen LogP contribution >= 0.6 is 0 Å². The molecule has 1 fully saturated rings. The lowest BCUT2D eigenvalue weighted by Crippen LogP contribution is -2.48. The molecule has 0 bridgehead atoms. The monoisotopic (exact) mass is 370 g/mol. The molecule has 8 heteroatoms. The highest BCUT2D eigenvalue weighted by molar-refractivity contribution is 7.95. The van der Waals surface area contributed by atoms with Crippen molar-refractivity contribution in [1.82, 2.24) is 14.6 Å². The number of rotatable bonds is 2. The van der Waals surface area contributed by atoms with E-state index in [9.17, 15) is 8.76 Å². The van der Waals surface area contributed by atoms with E-state index in [1.54, 1.807) is 18.2 Å². The van der Waals surface area contributed by atoms with Crippen LogP contribution < -0.4 is 9.46 Å². The fourth-order valence-corrected chi connectivity index (χ4v) is 4.64. The molecule has 1 aromatic carbocycles. The molecule has 26 heavy (non-hydrogen) atoms. The molecular weight excluding hydrogens is 352 g/mol. The van der Waals surface area contributed by atoms with Crippen LogP contribution in [0.2, 0.25) is 0 Å². The molecule has 3 heterocycles. The zero-order valence-electron chi connectivity index (χ0n) is 14.1. The van der Waals surface area contributed by atoms with Crippen molar-refractivity contribution < 1.29 is 13.5 Å². The van der Waals surface area contributed by atoms with Crippen LogP contribution in [0.15, 0.2) is 47.6 Å². The van der Waals surface area contributed by atoms with E-state index in [1.807, 2.05) is 12.1 Å². The largest absolute Gasteiger partial charge is 0.593 e. The zero-order chi connectivity index (χ0) is 18.2. The fourth-order valence-electron chi connectivity index (χ4n) is 3.46. The Hall–Kier alpha value is -2.31. The second-order valence-corrected chi connectivity index (χ2v) is 8.44. The van der Waals surface area contributed by atoms with Gasteiger partial charge in [-0.1, -0.05) is 16.3 Å². The second kappa shape index (κ2) is 6.45. The topological polar surface area (TPSA) is 101 Å². The molecular formula is C18H18N4O3S. The van der Waals surface area contributed by atoms with Gasteiger partial charge in [0.05, 0.1) is 24.4 Å². The summed E-state index contributed by atoms with van der Waals surface area (Å²) < 4.78 is 33.6. The van der Waals surface area contributed by atoms with Crippen LogP contribution in [0.4, 0.5) is 0 Å². The first-order valence-corrected chi connectivity index (χ1v) is 9.82. The first-order valence-electron chi connectivity index (χ1n) is 8.34. The van der Waals surface area contributed by atoms with Crippen molar-refractivity contribution in [2.24, 2.45) is 0 Å². The van der Waals surface area contributed by atoms with E-state index in [0.29, 0.717) is 17.9 Å². The molecule has 4 rings (SSSR count). The standard InChI is InChI=1S/C18H18N4O3S/c19-9-14-1-3-15(4-2-14)11-22-8-6-18(13-22)12-21-26(23,24)17-10-20-7-5-16(17)25-18/h1-5,7,10H,6,8,11-13H2,(H-,21,23,24). The number of hydrogen-bond acceptors (Lipinski definition) is 6. The van der Waals surface area contributed by atoms with Crippen LogP contribution in [0.25, 0.3) is 0 Å². The Balaban J connectivity index is 1.52. The van der Waals surface area contributed by atoms with Crippen LogP contribution in [-0.2, 0) is 21.2 Å². The van der Waals surface area contributed by atoms with Crippen LogP contribution in [0.5, 0.6) is 5.75 Å². The smallest absolute Gasteiger partial charge is 0.235 e. The minimum atomic E-state index is -3.61. The number of benzene rings is 1. The van der Waals surface area contributed by atoms with E-state index in [2.05, 4.69) is 20.7 Å². The van der Waals surface area contributed by atoms with Gasteiger partial charge in [0.25, 0.3) is 0 Å². The van der Waals surface area contributed by atoms with E-state index in [4.69, 9.17) is 10.00 Å². The first-order chi connectivity index (χ1) is 12.5. The van der Waals surface area contributed by atoms with Crippen molar-refractivity contribution >= 4 is 10.4 Å². The molecule has 1 aromatic heterocycles. The first kappa shape index (κ1) is 17.1. The van der Waals surface area contributed by atoms with Gasteiger partial charge in [-0.2, -0.15) is 5.26 Å². The van der Waals surface area contributed by atoms with E-state index >= 15 is 0 Å². The summed E-state index contributed by atoms with van der Waals surface area (Å²) in [6, 6.07) is 11.2. The predicted molar refractivity (Wildman–Crippen MR) is 93.7 cm³/mol. The van der Waals surface area contributed by atoms with Crippen molar-refractivity contribution in [2.75, 3.05) is 19.6 Å². The molecule has 0 amide bonds. The molecule has 2 unspecified atom stereocenters. The summed E-state index contributed by atoms with van der Waals surface area (Å²) in [6.45, 7) is 2.39. The number of nitriles is 1. The van der Waals surface area contributed by atoms with E-state index in [1.165, 1.54) is 12.4 Å². The highest BCUT2D eigenvalue weighted by Crippen LogP contribution is 2.36. The van der Waals surface area contributed by atoms with E-state index in [0.717, 1.165) is 25.1 Å². The normalized spacial score (nSPS) is 28.2. The van der Waals surface area contributed by atoms with Gasteiger partial charge in [0.2, 0.25) is 4.90 Å². The Morgan fingerprint density at radius 2 is 2.19 bits per heavy atom. The van der Waals surface area contributed by atoms with Gasteiger partial charge in [0.1, 0.15) is 5.60 Å². The lowest BCUT2D eigenvalue weighted by molar-refractivity contribution is 0.0800. The van der Waals surface area contributed by atoms with Crippen LogP contribution in [0.3, 0.4) is 0 Å². The third kappa shape index (κ3) is 3.22. The average molecular weight is 370 g/mol. The van der Waals surface area contributed by atoms with Crippen LogP contribution in [0, 0.1) is 11.3 Å². The summed E-state index contributed by atoms with van der Waals surface area (Å²) >= 11 is 0. The number of sulfonamides is 1. The Kier molecular flexibility index (Phi) is 4.25. The number of nitrogens with one attached hydrogen (secondary N) is 1. The Morgan fingerprint density at radius 3 is 2.96 bits per heavy atom. The van der Waals surface area contributed by atoms with Gasteiger partial charge < -0.3 is 9.29 Å². The van der Waals surface area contributed by atoms with Gasteiger partial charge in [0.15, 0.2) is 16.1 Å². The third-order valence-electron chi connectivity index (χ3n) is 4.83. The second-order valence-electron chi connectivity index (χ2n) is 6.70. The Bertz CT molecular complexity index is 911. The molecule has 7 nitrogen and oxygen atoms in total. The fraction of sp³-hybridized carbons (Fsp3) is 0.333. The summed E-state index contributed by atoms with van der Waals surface area (Å²) in [5.41, 5.74) is 1.16. The summed E-state index contributed by atoms with van der Waals surface area (Å²) in [4.78, 5) is 6.23. The minimum Gasteiger partial charge on any atom is -0.593 e. The molecule has 0 radical (unpaired) electrons. The van der Waals surface area contributed by atoms with Crippen molar-refractivity contribution in [3.8, 4) is 11.8 Å². The lowest BCUT2D eigenvalue weighted by atomic mass is 10.0. The predicted octanol–water partition coefficient (Wildman–Crippen LogP) is 1.48. The SMILES string of the molecule is N#Cc1ccc(CN2CCC3(CN[S+](=O)([O-])c4cnccc4O3)C2)cc1. The number of hydrogen-bond donors (Lipinski definition) is 1. The van der Waals surface area contributed by atoms with Gasteiger partial charge in [-0.25, -0.2) is 0 Å². The number of ether oxygens (including phenoxy) is 1. The number of likely N-dealkylation sites (tertiary alicyclic amines) is 1. The molecule has 1 N–H and O–H groups in total. The van der Waals surface area contributed by atoms with Crippen LogP contribution in [0.1, 0.15) is 17.5 Å². The van der Waals surface area contributed by atoms with E-state index in [-0.39, 0.29) is 11.4 Å². The van der Waals surface area contributed by atoms with Gasteiger partial charge in [-0.3, -0.25) is 9.88 Å². The highest BCUT2D eigenvalue weighted by atomic mass is 32.3. The van der Waals surface area contributed by atoms with Crippen molar-refractivity contribution in [3.05, 3.63) is 53.9 Å². The van der Waals surface area contributed by atoms with E-state index < -0.39 is 16.0 Å². The lowest BCUT2D eigenvalue weighted by Gasteiger charge is -2.28. The molecule has 2 aliphatic rings. The molecule has 1 spiro atoms. The third-order valence-corrected chi connectivity index (χ3v) is 6.24. The minimum absolute atomic E-state index is 0.0856. The number of nitrogens with zero attached hydrogens (tertiary/aromatic N) is 3. The van der Waals surface area contributed by atoms with Crippen molar-refractivity contribution in [1.29, 1.82) is 5.26 Å². The summed E-state index contributed by atoms with van der Waals surface area (Å²) in [5, 5.41) is 8.89. The quantitative estimate of drug-likeness (QED) is 0.804. The van der Waals surface area contributed by atoms with Gasteiger partial charge in [0, 0.05) is 38.3 Å². The molecule has 2 aromatic rings. The summed E-state index contributed by atoms with van der Waals surface area (Å²) in [5.74, 6) is 0.352. The van der Waals surface area contributed by atoms with Crippen molar-refractivity contribution in [3.63, 3.8) is 0 Å². The molecule has 1 saturated heterocycles. The maximum atomic E-state index is 12.4. The number of aromatic nitrogens is 1. The molecule has 0 saturated carbocycles.